The first-order valence-corrected chi connectivity index (χ1v) is 9.07. The first kappa shape index (κ1) is 15.0. The predicted octanol–water partition coefficient (Wildman–Crippen LogP) is 3.51. The molecule has 0 unspecified atom stereocenters. The number of rotatable bonds is 2. The number of amides is 2. The van der Waals surface area contributed by atoms with Gasteiger partial charge in [0.05, 0.1) is 0 Å². The number of nitrogens with one attached hydrogen (secondary N) is 1. The summed E-state index contributed by atoms with van der Waals surface area (Å²) in [5.41, 5.74) is 2.34. The van der Waals surface area contributed by atoms with Crippen molar-refractivity contribution in [3.8, 4) is 0 Å². The van der Waals surface area contributed by atoms with E-state index in [4.69, 9.17) is 0 Å². The van der Waals surface area contributed by atoms with E-state index in [-0.39, 0.29) is 6.03 Å². The van der Waals surface area contributed by atoms with Crippen molar-refractivity contribution in [3.05, 3.63) is 29.8 Å². The van der Waals surface area contributed by atoms with E-state index < -0.39 is 0 Å². The number of hydrogen-bond acceptors (Lipinski definition) is 2. The second-order valence-electron chi connectivity index (χ2n) is 7.54. The third-order valence-electron chi connectivity index (χ3n) is 6.07. The highest BCUT2D eigenvalue weighted by atomic mass is 16.2. The number of piperidine rings is 1. The fourth-order valence-electron chi connectivity index (χ4n) is 4.33. The highest BCUT2D eigenvalue weighted by Crippen LogP contribution is 2.36. The van der Waals surface area contributed by atoms with E-state index in [1.165, 1.54) is 37.8 Å². The standard InChI is InChI=1S/C19H27N3O/c1-21-11-9-16-10-12-22(18(16)13-21)19(23)20-17-7-5-15(6-8-17)14-3-2-4-14/h5-8,14,16,18H,2-4,9-13H2,1H3,(H,20,23)/t16-,18-/m1/s1. The molecule has 0 spiro atoms. The number of carbonyl (C=O) groups is 1. The Hall–Kier alpha value is -1.55. The molecule has 1 aromatic carbocycles. The molecule has 1 aromatic rings. The third kappa shape index (κ3) is 2.97. The average Bonchev–Trinajstić information content (AvgIpc) is 2.90. The average molecular weight is 313 g/mol. The number of nitrogens with zero attached hydrogens (tertiary/aromatic N) is 2. The smallest absolute Gasteiger partial charge is 0.320 e. The molecule has 4 nitrogen and oxygen atoms in total. The van der Waals surface area contributed by atoms with E-state index in [0.717, 1.165) is 31.1 Å². The van der Waals surface area contributed by atoms with E-state index in [1.807, 2.05) is 0 Å². The summed E-state index contributed by atoms with van der Waals surface area (Å²) in [6, 6.07) is 8.95. The van der Waals surface area contributed by atoms with Gasteiger partial charge in [-0.05, 0) is 68.8 Å². The van der Waals surface area contributed by atoms with Crippen LogP contribution in [0, 0.1) is 5.92 Å². The maximum atomic E-state index is 12.7. The fourth-order valence-corrected chi connectivity index (χ4v) is 4.33. The van der Waals surface area contributed by atoms with Crippen molar-refractivity contribution >= 4 is 11.7 Å². The second kappa shape index (κ2) is 6.16. The molecular formula is C19H27N3O. The van der Waals surface area contributed by atoms with Gasteiger partial charge >= 0.3 is 6.03 Å². The molecule has 2 atom stereocenters. The largest absolute Gasteiger partial charge is 0.322 e. The van der Waals surface area contributed by atoms with Crippen LogP contribution in [0.25, 0.3) is 0 Å². The summed E-state index contributed by atoms with van der Waals surface area (Å²) in [5.74, 6) is 1.44. The zero-order valence-corrected chi connectivity index (χ0v) is 14.0. The topological polar surface area (TPSA) is 35.6 Å². The van der Waals surface area contributed by atoms with Gasteiger partial charge in [0.2, 0.25) is 0 Å². The van der Waals surface area contributed by atoms with Crippen LogP contribution in [0.3, 0.4) is 0 Å². The lowest BCUT2D eigenvalue weighted by atomic mass is 9.80. The molecular weight excluding hydrogens is 286 g/mol. The Balaban J connectivity index is 1.39. The second-order valence-corrected chi connectivity index (χ2v) is 7.54. The van der Waals surface area contributed by atoms with E-state index >= 15 is 0 Å². The van der Waals surface area contributed by atoms with Gasteiger partial charge in [0.25, 0.3) is 0 Å². The molecule has 3 fully saturated rings. The number of likely N-dealkylation sites (N-methyl/N-ethyl adjacent to an activating group) is 1. The number of urea groups is 1. The first-order chi connectivity index (χ1) is 11.2. The highest BCUT2D eigenvalue weighted by Gasteiger charge is 2.39. The number of likely N-dealkylation sites (tertiary alicyclic amines) is 2. The highest BCUT2D eigenvalue weighted by molar-refractivity contribution is 5.89. The number of fused-ring (bicyclic) bond motifs is 1. The zero-order valence-electron chi connectivity index (χ0n) is 14.0. The Bertz CT molecular complexity index is 566. The van der Waals surface area contributed by atoms with Crippen LogP contribution in [0.1, 0.15) is 43.6 Å². The molecule has 2 saturated heterocycles. The summed E-state index contributed by atoms with van der Waals surface area (Å²) in [6.07, 6.45) is 6.37. The summed E-state index contributed by atoms with van der Waals surface area (Å²) >= 11 is 0. The molecule has 1 aliphatic carbocycles. The Kier molecular flexibility index (Phi) is 4.02. The van der Waals surface area contributed by atoms with E-state index in [2.05, 4.69) is 46.4 Å². The van der Waals surface area contributed by atoms with Crippen molar-refractivity contribution in [2.24, 2.45) is 5.92 Å². The van der Waals surface area contributed by atoms with Crippen molar-refractivity contribution in [3.63, 3.8) is 0 Å². The summed E-state index contributed by atoms with van der Waals surface area (Å²) in [7, 11) is 2.16. The van der Waals surface area contributed by atoms with E-state index in [0.29, 0.717) is 12.0 Å². The van der Waals surface area contributed by atoms with Crippen LogP contribution in [0.15, 0.2) is 24.3 Å². The minimum Gasteiger partial charge on any atom is -0.320 e. The third-order valence-corrected chi connectivity index (χ3v) is 6.07. The van der Waals surface area contributed by atoms with Gasteiger partial charge in [0, 0.05) is 24.8 Å². The van der Waals surface area contributed by atoms with E-state index in [9.17, 15) is 4.79 Å². The Morgan fingerprint density at radius 2 is 1.83 bits per heavy atom. The van der Waals surface area contributed by atoms with Gasteiger partial charge in [-0.2, -0.15) is 0 Å². The van der Waals surface area contributed by atoms with Crippen LogP contribution in [0.4, 0.5) is 10.5 Å². The summed E-state index contributed by atoms with van der Waals surface area (Å²) in [6.45, 7) is 3.08. The molecule has 2 heterocycles. The molecule has 23 heavy (non-hydrogen) atoms. The van der Waals surface area contributed by atoms with Crippen LogP contribution in [0.5, 0.6) is 0 Å². The Morgan fingerprint density at radius 1 is 1.09 bits per heavy atom. The molecule has 4 heteroatoms. The number of anilines is 1. The van der Waals surface area contributed by atoms with Crippen LogP contribution in [-0.4, -0.2) is 48.6 Å². The van der Waals surface area contributed by atoms with Crippen LogP contribution in [0.2, 0.25) is 0 Å². The lowest BCUT2D eigenvalue weighted by Crippen LogP contribution is -2.49. The Labute approximate surface area is 138 Å². The lowest BCUT2D eigenvalue weighted by Gasteiger charge is -2.36. The molecule has 4 rings (SSSR count). The van der Waals surface area contributed by atoms with Gasteiger partial charge in [0.15, 0.2) is 0 Å². The maximum absolute atomic E-state index is 12.7. The van der Waals surface area contributed by atoms with Crippen molar-refractivity contribution < 1.29 is 4.79 Å². The zero-order chi connectivity index (χ0) is 15.8. The summed E-state index contributed by atoms with van der Waals surface area (Å²) < 4.78 is 0. The minimum atomic E-state index is 0.0733. The molecule has 124 valence electrons. The number of hydrogen-bond donors (Lipinski definition) is 1. The normalized spacial score (nSPS) is 28.3. The minimum absolute atomic E-state index is 0.0733. The predicted molar refractivity (Wildman–Crippen MR) is 92.8 cm³/mol. The van der Waals surface area contributed by atoms with Crippen LogP contribution >= 0.6 is 0 Å². The molecule has 0 radical (unpaired) electrons. The van der Waals surface area contributed by atoms with Gasteiger partial charge < -0.3 is 15.1 Å². The van der Waals surface area contributed by atoms with Crippen LogP contribution < -0.4 is 5.32 Å². The van der Waals surface area contributed by atoms with Crippen LogP contribution in [-0.2, 0) is 0 Å². The SMILES string of the molecule is CN1CC[C@@H]2CCN(C(=O)Nc3ccc(C4CCC4)cc3)[C@@H]2C1. The first-order valence-electron chi connectivity index (χ1n) is 9.07. The fraction of sp³-hybridized carbons (Fsp3) is 0.632. The summed E-state index contributed by atoms with van der Waals surface area (Å²) in [4.78, 5) is 17.1. The Morgan fingerprint density at radius 3 is 2.52 bits per heavy atom. The molecule has 1 saturated carbocycles. The maximum Gasteiger partial charge on any atom is 0.322 e. The van der Waals surface area contributed by atoms with Gasteiger partial charge in [-0.1, -0.05) is 18.6 Å². The van der Waals surface area contributed by atoms with Gasteiger partial charge in [0.1, 0.15) is 0 Å². The lowest BCUT2D eigenvalue weighted by molar-refractivity contribution is 0.137. The number of carbonyl (C=O) groups excluding carboxylic acids is 1. The molecule has 3 aliphatic rings. The monoisotopic (exact) mass is 313 g/mol. The molecule has 0 bridgehead atoms. The van der Waals surface area contributed by atoms with E-state index in [1.54, 1.807) is 0 Å². The van der Waals surface area contributed by atoms with Gasteiger partial charge in [-0.3, -0.25) is 0 Å². The van der Waals surface area contributed by atoms with Gasteiger partial charge in [-0.25, -0.2) is 4.79 Å². The quantitative estimate of drug-likeness (QED) is 0.907. The van der Waals surface area contributed by atoms with Crippen molar-refractivity contribution in [1.29, 1.82) is 0 Å². The molecule has 2 amide bonds. The molecule has 0 aromatic heterocycles. The summed E-state index contributed by atoms with van der Waals surface area (Å²) in [5, 5.41) is 3.10. The van der Waals surface area contributed by atoms with Gasteiger partial charge in [-0.15, -0.1) is 0 Å². The molecule has 1 N–H and O–H groups in total. The molecule has 2 aliphatic heterocycles. The van der Waals surface area contributed by atoms with Crippen molar-refractivity contribution in [2.45, 2.75) is 44.1 Å². The number of benzene rings is 1. The van der Waals surface area contributed by atoms with Crippen molar-refractivity contribution in [2.75, 3.05) is 32.0 Å². The van der Waals surface area contributed by atoms with Crippen molar-refractivity contribution in [1.82, 2.24) is 9.80 Å².